The van der Waals surface area contributed by atoms with Crippen molar-refractivity contribution >= 4 is 46.0 Å². The predicted octanol–water partition coefficient (Wildman–Crippen LogP) is 5.51. The number of rotatable bonds is 4. The fourth-order valence-corrected chi connectivity index (χ4v) is 5.16. The van der Waals surface area contributed by atoms with E-state index in [1.54, 1.807) is 23.5 Å². The number of benzene rings is 1. The van der Waals surface area contributed by atoms with Gasteiger partial charge in [0.05, 0.1) is 11.1 Å². The molecule has 3 aliphatic rings. The highest BCUT2D eigenvalue weighted by atomic mass is 35.5. The van der Waals surface area contributed by atoms with Crippen molar-refractivity contribution in [3.8, 4) is 0 Å². The van der Waals surface area contributed by atoms with E-state index in [0.29, 0.717) is 47.4 Å². The monoisotopic (exact) mass is 518 g/mol. The van der Waals surface area contributed by atoms with Gasteiger partial charge in [-0.2, -0.15) is 18.3 Å². The lowest BCUT2D eigenvalue weighted by Crippen LogP contribution is -2.43. The van der Waals surface area contributed by atoms with E-state index in [2.05, 4.69) is 25.7 Å². The van der Waals surface area contributed by atoms with Gasteiger partial charge in [0.2, 0.25) is 0 Å². The van der Waals surface area contributed by atoms with Crippen molar-refractivity contribution < 1.29 is 18.0 Å². The molecule has 1 unspecified atom stereocenters. The highest BCUT2D eigenvalue weighted by Gasteiger charge is 2.38. The Hall–Kier alpha value is -3.14. The van der Waals surface area contributed by atoms with E-state index in [-0.39, 0.29) is 23.5 Å². The van der Waals surface area contributed by atoms with Gasteiger partial charge in [-0.05, 0) is 63.8 Å². The van der Waals surface area contributed by atoms with E-state index in [0.717, 1.165) is 18.2 Å². The van der Waals surface area contributed by atoms with Crippen LogP contribution in [0.4, 0.5) is 18.9 Å². The minimum absolute atomic E-state index is 0.0312. The van der Waals surface area contributed by atoms with Crippen molar-refractivity contribution in [3.63, 3.8) is 0 Å². The van der Waals surface area contributed by atoms with Crippen molar-refractivity contribution in [2.24, 2.45) is 10.1 Å². The van der Waals surface area contributed by atoms with Gasteiger partial charge in [-0.25, -0.2) is 9.99 Å². The molecule has 1 aromatic heterocycles. The predicted molar refractivity (Wildman–Crippen MR) is 134 cm³/mol. The molecule has 2 aromatic rings. The van der Waals surface area contributed by atoms with Gasteiger partial charge < -0.3 is 10.6 Å². The van der Waals surface area contributed by atoms with Crippen molar-refractivity contribution in [3.05, 3.63) is 46.8 Å². The highest BCUT2D eigenvalue weighted by Crippen LogP contribution is 2.36. The lowest BCUT2D eigenvalue weighted by molar-refractivity contribution is -0.140. The van der Waals surface area contributed by atoms with E-state index in [4.69, 9.17) is 11.6 Å². The van der Waals surface area contributed by atoms with E-state index in [9.17, 15) is 18.0 Å². The average molecular weight is 519 g/mol. The molecule has 36 heavy (non-hydrogen) atoms. The Morgan fingerprint density at radius 1 is 1.17 bits per heavy atom. The molecule has 2 aliphatic heterocycles. The first kappa shape index (κ1) is 24.5. The van der Waals surface area contributed by atoms with Crippen LogP contribution in [-0.4, -0.2) is 45.6 Å². The van der Waals surface area contributed by atoms with Crippen LogP contribution in [0.2, 0.25) is 5.02 Å². The Labute approximate surface area is 211 Å². The summed E-state index contributed by atoms with van der Waals surface area (Å²) in [4.78, 5) is 21.1. The number of pyridine rings is 1. The summed E-state index contributed by atoms with van der Waals surface area (Å²) in [6, 6.07) is 5.61. The number of carbonyl (C=O) groups excluding carboxylic acids is 1. The first-order valence-electron chi connectivity index (χ1n) is 11.9. The normalized spacial score (nSPS) is 25.9. The maximum Gasteiger partial charge on any atom is 0.433 e. The average Bonchev–Trinajstić information content (AvgIpc) is 3.12. The first-order valence-corrected chi connectivity index (χ1v) is 12.2. The molecule has 1 amide bonds. The molecule has 2 N–H and O–H groups in total. The van der Waals surface area contributed by atoms with E-state index < -0.39 is 17.5 Å². The summed E-state index contributed by atoms with van der Waals surface area (Å²) in [6.07, 6.45) is 2.27. The van der Waals surface area contributed by atoms with Gasteiger partial charge in [0.15, 0.2) is 5.66 Å². The molecule has 5 rings (SSSR count). The number of nitrogens with zero attached hydrogens (tertiary/aromatic N) is 4. The maximum absolute atomic E-state index is 13.4. The molecular weight excluding hydrogens is 493 g/mol. The molecule has 0 spiro atoms. The number of alkyl halides is 3. The van der Waals surface area contributed by atoms with Crippen LogP contribution >= 0.6 is 11.6 Å². The molecule has 0 bridgehead atoms. The van der Waals surface area contributed by atoms with Crippen molar-refractivity contribution in [2.75, 3.05) is 5.32 Å². The molecule has 1 atom stereocenters. The second kappa shape index (κ2) is 9.06. The fourth-order valence-electron chi connectivity index (χ4n) is 4.99. The van der Waals surface area contributed by atoms with E-state index in [1.165, 1.54) is 12.1 Å². The van der Waals surface area contributed by atoms with Gasteiger partial charge >= 0.3 is 6.18 Å². The standard InChI is InChI=1S/C25H26ClF3N6O/c1-14-11-24(2)30-12-15(13-35(24)34-14)23(36)32-18-6-4-17(5-7-18)31-21-10-22(25(27,28)29)33-20-8-3-16(26)9-19(20)21/h3,8-10,12-13,17-18H,4-7,11H2,1-2H3,(H,31,33)(H,32,36). The van der Waals surface area contributed by atoms with Crippen molar-refractivity contribution in [1.82, 2.24) is 15.3 Å². The van der Waals surface area contributed by atoms with Crippen LogP contribution in [0.1, 0.15) is 51.6 Å². The van der Waals surface area contributed by atoms with Crippen LogP contribution in [0.15, 0.2) is 46.1 Å². The molecule has 1 aromatic carbocycles. The zero-order valence-corrected chi connectivity index (χ0v) is 20.6. The largest absolute Gasteiger partial charge is 0.433 e. The number of halogens is 4. The number of nitrogens with one attached hydrogen (secondary N) is 2. The minimum atomic E-state index is -4.56. The number of hydrogen-bond acceptors (Lipinski definition) is 6. The Balaban J connectivity index is 1.23. The van der Waals surface area contributed by atoms with Gasteiger partial charge in [0.25, 0.3) is 5.91 Å². The molecule has 3 heterocycles. The summed E-state index contributed by atoms with van der Waals surface area (Å²) in [5, 5.41) is 13.5. The fraction of sp³-hybridized carbons (Fsp3) is 0.440. The Bertz CT molecular complexity index is 1300. The maximum atomic E-state index is 13.4. The summed E-state index contributed by atoms with van der Waals surface area (Å²) in [6.45, 7) is 3.91. The molecule has 1 saturated carbocycles. The van der Waals surface area contributed by atoms with Crippen LogP contribution < -0.4 is 10.6 Å². The zero-order valence-electron chi connectivity index (χ0n) is 19.9. The minimum Gasteiger partial charge on any atom is -0.382 e. The van der Waals surface area contributed by atoms with Crippen LogP contribution in [0, 0.1) is 0 Å². The number of hydrazone groups is 1. The second-order valence-corrected chi connectivity index (χ2v) is 10.2. The smallest absolute Gasteiger partial charge is 0.382 e. The van der Waals surface area contributed by atoms with Gasteiger partial charge in [-0.15, -0.1) is 0 Å². The van der Waals surface area contributed by atoms with Crippen molar-refractivity contribution in [2.45, 2.75) is 69.9 Å². The molecule has 11 heteroatoms. The number of hydrogen-bond donors (Lipinski definition) is 2. The molecule has 1 aliphatic carbocycles. The van der Waals surface area contributed by atoms with Crippen LogP contribution in [0.3, 0.4) is 0 Å². The van der Waals surface area contributed by atoms with Gasteiger partial charge in [0.1, 0.15) is 5.69 Å². The van der Waals surface area contributed by atoms with Crippen LogP contribution in [0.5, 0.6) is 0 Å². The molecule has 7 nitrogen and oxygen atoms in total. The van der Waals surface area contributed by atoms with Crippen molar-refractivity contribution in [1.29, 1.82) is 0 Å². The Morgan fingerprint density at radius 2 is 1.89 bits per heavy atom. The molecular formula is C25H26ClF3N6O. The summed E-state index contributed by atoms with van der Waals surface area (Å²) in [7, 11) is 0. The molecule has 0 radical (unpaired) electrons. The topological polar surface area (TPSA) is 82.0 Å². The second-order valence-electron chi connectivity index (χ2n) is 9.80. The van der Waals surface area contributed by atoms with E-state index in [1.807, 2.05) is 13.8 Å². The summed E-state index contributed by atoms with van der Waals surface area (Å²) < 4.78 is 40.2. The number of anilines is 1. The summed E-state index contributed by atoms with van der Waals surface area (Å²) in [5.74, 6) is -0.207. The zero-order chi connectivity index (χ0) is 25.7. The lowest BCUT2D eigenvalue weighted by atomic mass is 9.90. The molecule has 190 valence electrons. The van der Waals surface area contributed by atoms with E-state index >= 15 is 0 Å². The number of carbonyl (C=O) groups is 1. The highest BCUT2D eigenvalue weighted by molar-refractivity contribution is 6.31. The number of fused-ring (bicyclic) bond motifs is 2. The third-order valence-corrected chi connectivity index (χ3v) is 7.09. The van der Waals surface area contributed by atoms with Gasteiger partial charge in [-0.1, -0.05) is 11.6 Å². The number of aliphatic imine (C=N–C) groups is 1. The third-order valence-electron chi connectivity index (χ3n) is 6.85. The lowest BCUT2D eigenvalue weighted by Gasteiger charge is -2.32. The number of amides is 1. The van der Waals surface area contributed by atoms with Crippen LogP contribution in [-0.2, 0) is 11.0 Å². The molecule has 1 fully saturated rings. The van der Waals surface area contributed by atoms with Crippen LogP contribution in [0.25, 0.3) is 10.9 Å². The summed E-state index contributed by atoms with van der Waals surface area (Å²) >= 11 is 6.10. The summed E-state index contributed by atoms with van der Waals surface area (Å²) in [5.41, 5.74) is 0.585. The Kier molecular flexibility index (Phi) is 6.18. The quantitative estimate of drug-likeness (QED) is 0.559. The molecule has 0 saturated heterocycles. The SMILES string of the molecule is CC1=NN2C=C(C(=O)NC3CCC(Nc4cc(C(F)(F)F)nc5ccc(Cl)cc45)CC3)C=NC2(C)C1. The van der Waals surface area contributed by atoms with Gasteiger partial charge in [-0.3, -0.25) is 9.79 Å². The van der Waals surface area contributed by atoms with Gasteiger partial charge in [0, 0.05) is 52.7 Å². The first-order chi connectivity index (χ1) is 17.0. The third kappa shape index (κ3) is 4.91. The Morgan fingerprint density at radius 3 is 2.61 bits per heavy atom. The number of aromatic nitrogens is 1.